The molecular weight excluding hydrogens is 396 g/mol. The molecule has 0 fully saturated rings. The van der Waals surface area contributed by atoms with Gasteiger partial charge in [-0.05, 0) is 19.1 Å². The second-order valence-corrected chi connectivity index (χ2v) is 6.60. The molecule has 1 aromatic heterocycles. The summed E-state index contributed by atoms with van der Waals surface area (Å²) >= 11 is 5.94. The van der Waals surface area contributed by atoms with Gasteiger partial charge in [-0.15, -0.1) is 0 Å². The Bertz CT molecular complexity index is 988. The van der Waals surface area contributed by atoms with Crippen LogP contribution < -0.4 is 15.6 Å². The maximum atomic E-state index is 11.9. The van der Waals surface area contributed by atoms with Crippen LogP contribution in [0.15, 0.2) is 53.1 Å². The number of aryl methyl sites for hydroxylation is 2. The van der Waals surface area contributed by atoms with E-state index in [2.05, 4.69) is 21.0 Å². The molecule has 150 valence electrons. The molecule has 3 aromatic rings. The molecular formula is C20H19ClN4O4. The highest BCUT2D eigenvalue weighted by Gasteiger charge is 2.12. The molecule has 3 rings (SSSR count). The Kier molecular flexibility index (Phi) is 6.80. The van der Waals surface area contributed by atoms with E-state index >= 15 is 0 Å². The molecule has 1 heterocycles. The minimum absolute atomic E-state index is 0.0706. The average Bonchev–Trinajstić information content (AvgIpc) is 3.19. The number of halogens is 1. The van der Waals surface area contributed by atoms with E-state index in [0.29, 0.717) is 22.5 Å². The van der Waals surface area contributed by atoms with E-state index in [1.165, 1.54) is 0 Å². The summed E-state index contributed by atoms with van der Waals surface area (Å²) in [4.78, 5) is 27.9. The zero-order valence-electron chi connectivity index (χ0n) is 15.6. The third-order valence-corrected chi connectivity index (χ3v) is 4.19. The molecule has 0 saturated heterocycles. The van der Waals surface area contributed by atoms with Crippen molar-refractivity contribution in [2.24, 2.45) is 0 Å². The lowest BCUT2D eigenvalue weighted by atomic mass is 10.1. The minimum atomic E-state index is -0.516. The van der Waals surface area contributed by atoms with E-state index in [1.54, 1.807) is 24.3 Å². The molecule has 0 aliphatic rings. The van der Waals surface area contributed by atoms with Gasteiger partial charge in [-0.2, -0.15) is 4.98 Å². The van der Waals surface area contributed by atoms with E-state index in [4.69, 9.17) is 20.9 Å². The lowest BCUT2D eigenvalue weighted by molar-refractivity contribution is -0.130. The molecule has 2 amide bonds. The van der Waals surface area contributed by atoms with Crippen LogP contribution in [0.3, 0.4) is 0 Å². The van der Waals surface area contributed by atoms with Gasteiger partial charge in [0.25, 0.3) is 5.91 Å². The van der Waals surface area contributed by atoms with Crippen molar-refractivity contribution in [3.63, 3.8) is 0 Å². The highest BCUT2D eigenvalue weighted by Crippen LogP contribution is 2.22. The number of hydrazine groups is 1. The number of hydrogen-bond donors (Lipinski definition) is 2. The van der Waals surface area contributed by atoms with Gasteiger partial charge < -0.3 is 9.26 Å². The molecule has 0 bridgehead atoms. The minimum Gasteiger partial charge on any atom is -0.482 e. The van der Waals surface area contributed by atoms with Gasteiger partial charge in [-0.1, -0.05) is 58.7 Å². The van der Waals surface area contributed by atoms with Crippen molar-refractivity contribution in [2.75, 3.05) is 6.61 Å². The zero-order valence-corrected chi connectivity index (χ0v) is 16.4. The number of benzene rings is 2. The summed E-state index contributed by atoms with van der Waals surface area (Å²) in [7, 11) is 0. The molecule has 2 aromatic carbocycles. The van der Waals surface area contributed by atoms with Crippen LogP contribution in [0.25, 0.3) is 11.4 Å². The second kappa shape index (κ2) is 9.70. The number of ether oxygens (including phenoxy) is 1. The summed E-state index contributed by atoms with van der Waals surface area (Å²) in [6, 6.07) is 14.5. The molecule has 9 heteroatoms. The number of aromatic nitrogens is 2. The Hall–Kier alpha value is -3.39. The van der Waals surface area contributed by atoms with Crippen molar-refractivity contribution in [3.05, 3.63) is 65.0 Å². The first-order valence-electron chi connectivity index (χ1n) is 8.86. The predicted molar refractivity (Wildman–Crippen MR) is 106 cm³/mol. The number of amides is 2. The van der Waals surface area contributed by atoms with Crippen LogP contribution >= 0.6 is 11.6 Å². The number of rotatable bonds is 7. The van der Waals surface area contributed by atoms with Crippen molar-refractivity contribution in [2.45, 2.75) is 19.8 Å². The van der Waals surface area contributed by atoms with Crippen LogP contribution in [0.4, 0.5) is 0 Å². The molecule has 0 saturated carbocycles. The average molecular weight is 415 g/mol. The highest BCUT2D eigenvalue weighted by atomic mass is 35.5. The Morgan fingerprint density at radius 1 is 1.07 bits per heavy atom. The van der Waals surface area contributed by atoms with Gasteiger partial charge >= 0.3 is 0 Å². The monoisotopic (exact) mass is 414 g/mol. The number of nitrogens with one attached hydrogen (secondary N) is 2. The molecule has 0 unspecified atom stereocenters. The number of carbonyl (C=O) groups excluding carboxylic acids is 2. The summed E-state index contributed by atoms with van der Waals surface area (Å²) in [5.74, 6) is 0.273. The van der Waals surface area contributed by atoms with Gasteiger partial charge in [0, 0.05) is 18.4 Å². The highest BCUT2D eigenvalue weighted by molar-refractivity contribution is 6.32. The van der Waals surface area contributed by atoms with E-state index in [1.807, 2.05) is 31.2 Å². The van der Waals surface area contributed by atoms with E-state index in [9.17, 15) is 9.59 Å². The van der Waals surface area contributed by atoms with Gasteiger partial charge in [0.05, 0.1) is 5.02 Å². The Balaban J connectivity index is 1.39. The van der Waals surface area contributed by atoms with Crippen LogP contribution in [-0.2, 0) is 16.0 Å². The molecule has 8 nitrogen and oxygen atoms in total. The van der Waals surface area contributed by atoms with Crippen molar-refractivity contribution in [1.82, 2.24) is 21.0 Å². The SMILES string of the molecule is Cc1ccc(-c2noc(CCC(=O)NNC(=O)COc3ccccc3Cl)n2)cc1. The van der Waals surface area contributed by atoms with Crippen LogP contribution in [0.2, 0.25) is 5.02 Å². The maximum absolute atomic E-state index is 11.9. The Morgan fingerprint density at radius 2 is 1.79 bits per heavy atom. The standard InChI is InChI=1S/C20H19ClN4O4/c1-13-6-8-14(9-7-13)20-22-19(29-25-20)11-10-17(26)23-24-18(27)12-28-16-5-3-2-4-15(16)21/h2-9H,10-12H2,1H3,(H,23,26)(H,24,27). The summed E-state index contributed by atoms with van der Waals surface area (Å²) in [6.07, 6.45) is 0.317. The zero-order chi connectivity index (χ0) is 20.6. The van der Waals surface area contributed by atoms with Crippen molar-refractivity contribution in [3.8, 4) is 17.1 Å². The van der Waals surface area contributed by atoms with Crippen molar-refractivity contribution < 1.29 is 18.8 Å². The Labute approximate surface area is 172 Å². The maximum Gasteiger partial charge on any atom is 0.276 e. The summed E-state index contributed by atoms with van der Waals surface area (Å²) in [5, 5.41) is 4.31. The van der Waals surface area contributed by atoms with E-state index in [-0.39, 0.29) is 19.4 Å². The summed E-state index contributed by atoms with van der Waals surface area (Å²) in [6.45, 7) is 1.71. The fraction of sp³-hybridized carbons (Fsp3) is 0.200. The third kappa shape index (κ3) is 6.05. The largest absolute Gasteiger partial charge is 0.482 e. The number of carbonyl (C=O) groups is 2. The van der Waals surface area contributed by atoms with Gasteiger partial charge in [0.15, 0.2) is 6.61 Å². The molecule has 0 atom stereocenters. The van der Waals surface area contributed by atoms with Crippen molar-refractivity contribution in [1.29, 1.82) is 0 Å². The normalized spacial score (nSPS) is 10.4. The second-order valence-electron chi connectivity index (χ2n) is 6.19. The molecule has 0 radical (unpaired) electrons. The first-order valence-corrected chi connectivity index (χ1v) is 9.23. The first kappa shape index (κ1) is 20.3. The van der Waals surface area contributed by atoms with Crippen LogP contribution in [0, 0.1) is 6.92 Å². The Morgan fingerprint density at radius 3 is 2.55 bits per heavy atom. The molecule has 0 spiro atoms. The summed E-state index contributed by atoms with van der Waals surface area (Å²) < 4.78 is 10.4. The van der Waals surface area contributed by atoms with Gasteiger partial charge in [-0.3, -0.25) is 20.4 Å². The first-order chi connectivity index (χ1) is 14.0. The number of nitrogens with zero attached hydrogens (tertiary/aromatic N) is 2. The molecule has 0 aliphatic heterocycles. The molecule has 29 heavy (non-hydrogen) atoms. The number of para-hydroxylation sites is 1. The summed E-state index contributed by atoms with van der Waals surface area (Å²) in [5.41, 5.74) is 6.55. The van der Waals surface area contributed by atoms with Crippen molar-refractivity contribution >= 4 is 23.4 Å². The topological polar surface area (TPSA) is 106 Å². The third-order valence-electron chi connectivity index (χ3n) is 3.88. The van der Waals surface area contributed by atoms with Crippen LogP contribution in [-0.4, -0.2) is 28.6 Å². The van der Waals surface area contributed by atoms with E-state index < -0.39 is 11.8 Å². The molecule has 2 N–H and O–H groups in total. The molecule has 0 aliphatic carbocycles. The fourth-order valence-electron chi connectivity index (χ4n) is 2.34. The predicted octanol–water partition coefficient (Wildman–Crippen LogP) is 2.86. The van der Waals surface area contributed by atoms with Crippen LogP contribution in [0.1, 0.15) is 17.9 Å². The fourth-order valence-corrected chi connectivity index (χ4v) is 2.53. The quantitative estimate of drug-likeness (QED) is 0.576. The van der Waals surface area contributed by atoms with Gasteiger partial charge in [0.1, 0.15) is 5.75 Å². The van der Waals surface area contributed by atoms with Gasteiger partial charge in [0.2, 0.25) is 17.6 Å². The lowest BCUT2D eigenvalue weighted by Crippen LogP contribution is -2.43. The lowest BCUT2D eigenvalue weighted by Gasteiger charge is -2.09. The van der Waals surface area contributed by atoms with Gasteiger partial charge in [-0.25, -0.2) is 0 Å². The van der Waals surface area contributed by atoms with Crippen LogP contribution in [0.5, 0.6) is 5.75 Å². The van der Waals surface area contributed by atoms with E-state index in [0.717, 1.165) is 11.1 Å². The number of hydrogen-bond acceptors (Lipinski definition) is 6. The smallest absolute Gasteiger partial charge is 0.276 e.